The van der Waals surface area contributed by atoms with Crippen molar-refractivity contribution in [3.05, 3.63) is 82.1 Å². The van der Waals surface area contributed by atoms with Gasteiger partial charge in [-0.25, -0.2) is 0 Å². The molecule has 1 unspecified atom stereocenters. The van der Waals surface area contributed by atoms with Gasteiger partial charge < -0.3 is 14.4 Å². The fourth-order valence-corrected chi connectivity index (χ4v) is 4.88. The highest BCUT2D eigenvalue weighted by Crippen LogP contribution is 2.43. The average Bonchev–Trinajstić information content (AvgIpc) is 2.83. The number of hydrogen-bond acceptors (Lipinski definition) is 4. The monoisotopic (exact) mass is 504 g/mol. The number of methoxy groups -OCH3 is 1. The Morgan fingerprint density at radius 2 is 1.69 bits per heavy atom. The number of aliphatic hydroxyl groups is 1. The van der Waals surface area contributed by atoms with E-state index < -0.39 is 30.2 Å². The van der Waals surface area contributed by atoms with Gasteiger partial charge in [0.15, 0.2) is 11.0 Å². The van der Waals surface area contributed by atoms with Gasteiger partial charge in [-0.1, -0.05) is 57.2 Å². The molecule has 3 rings (SSSR count). The summed E-state index contributed by atoms with van der Waals surface area (Å²) in [5.41, 5.74) is -2.28. The Bertz CT molecular complexity index is 1220. The second-order valence-electron chi connectivity index (χ2n) is 9.93. The number of rotatable bonds is 11. The number of para-hydroxylation sites is 1. The standard InChI is InChI=1S/C28H35F3N2O3/c1-5-32(16-17-36-4)18-21-10-6-8-12-23(21)26(2,3)19-27(35,28(29,30)31)20-33-15-14-25(34)22-11-7-9-13-24(22)33/h6-15,35H,5,16-20H2,1-4H3. The van der Waals surface area contributed by atoms with E-state index >= 15 is 0 Å². The molecule has 0 aliphatic heterocycles. The second kappa shape index (κ2) is 11.2. The number of pyridine rings is 1. The van der Waals surface area contributed by atoms with E-state index in [0.717, 1.165) is 17.7 Å². The summed E-state index contributed by atoms with van der Waals surface area (Å²) in [4.78, 5) is 14.4. The molecule has 0 bridgehead atoms. The minimum atomic E-state index is -4.89. The van der Waals surface area contributed by atoms with Crippen LogP contribution in [0.2, 0.25) is 0 Å². The summed E-state index contributed by atoms with van der Waals surface area (Å²) < 4.78 is 49.9. The van der Waals surface area contributed by atoms with Crippen LogP contribution in [0.1, 0.15) is 38.3 Å². The highest BCUT2D eigenvalue weighted by molar-refractivity contribution is 5.78. The first kappa shape index (κ1) is 27.9. The Morgan fingerprint density at radius 3 is 2.36 bits per heavy atom. The van der Waals surface area contributed by atoms with Gasteiger partial charge >= 0.3 is 6.18 Å². The van der Waals surface area contributed by atoms with Gasteiger partial charge in [0, 0.05) is 37.8 Å². The first-order valence-electron chi connectivity index (χ1n) is 12.1. The van der Waals surface area contributed by atoms with E-state index in [4.69, 9.17) is 4.74 Å². The van der Waals surface area contributed by atoms with Gasteiger partial charge in [-0.05, 0) is 41.6 Å². The Kier molecular flexibility index (Phi) is 8.64. The van der Waals surface area contributed by atoms with E-state index in [1.54, 1.807) is 45.2 Å². The Labute approximate surface area is 210 Å². The molecule has 196 valence electrons. The number of likely N-dealkylation sites (N-methyl/N-ethyl adjacent to an activating group) is 1. The van der Waals surface area contributed by atoms with Gasteiger partial charge in [-0.3, -0.25) is 9.69 Å². The van der Waals surface area contributed by atoms with Gasteiger partial charge in [0.25, 0.3) is 0 Å². The molecule has 1 N–H and O–H groups in total. The molecular formula is C28H35F3N2O3. The minimum Gasteiger partial charge on any atom is -0.383 e. The first-order valence-corrected chi connectivity index (χ1v) is 12.1. The zero-order chi connectivity index (χ0) is 26.6. The van der Waals surface area contributed by atoms with E-state index in [0.29, 0.717) is 30.6 Å². The quantitative estimate of drug-likeness (QED) is 0.393. The summed E-state index contributed by atoms with van der Waals surface area (Å²) >= 11 is 0. The first-order chi connectivity index (χ1) is 16.9. The molecule has 0 saturated carbocycles. The largest absolute Gasteiger partial charge is 0.418 e. The average molecular weight is 505 g/mol. The summed E-state index contributed by atoms with van der Waals surface area (Å²) in [6.07, 6.45) is -4.13. The zero-order valence-electron chi connectivity index (χ0n) is 21.3. The van der Waals surface area contributed by atoms with Crippen molar-refractivity contribution in [1.29, 1.82) is 0 Å². The van der Waals surface area contributed by atoms with Crippen LogP contribution in [-0.2, 0) is 23.2 Å². The van der Waals surface area contributed by atoms with Crippen molar-refractivity contribution in [2.24, 2.45) is 0 Å². The minimum absolute atomic E-state index is 0.277. The SMILES string of the molecule is CCN(CCOC)Cc1ccccc1C(C)(C)CC(O)(Cn1ccc(=O)c2ccccc21)C(F)(F)F. The Morgan fingerprint density at radius 1 is 1.03 bits per heavy atom. The third-order valence-corrected chi connectivity index (χ3v) is 6.78. The molecule has 1 atom stereocenters. The number of ether oxygens (including phenoxy) is 1. The summed E-state index contributed by atoms with van der Waals surface area (Å²) in [6, 6.07) is 15.2. The van der Waals surface area contributed by atoms with Crippen molar-refractivity contribution in [3.8, 4) is 0 Å². The van der Waals surface area contributed by atoms with E-state index in [9.17, 15) is 23.1 Å². The van der Waals surface area contributed by atoms with Crippen molar-refractivity contribution in [2.75, 3.05) is 26.8 Å². The maximum absolute atomic E-state index is 14.5. The highest BCUT2D eigenvalue weighted by atomic mass is 19.4. The van der Waals surface area contributed by atoms with Gasteiger partial charge in [0.05, 0.1) is 18.7 Å². The van der Waals surface area contributed by atoms with Crippen LogP contribution >= 0.6 is 0 Å². The van der Waals surface area contributed by atoms with Crippen molar-refractivity contribution < 1.29 is 23.0 Å². The van der Waals surface area contributed by atoms with Crippen LogP contribution in [0.5, 0.6) is 0 Å². The predicted octanol–water partition coefficient (Wildman–Crippen LogP) is 5.13. The zero-order valence-corrected chi connectivity index (χ0v) is 21.3. The molecule has 5 nitrogen and oxygen atoms in total. The molecular weight excluding hydrogens is 469 g/mol. The van der Waals surface area contributed by atoms with Gasteiger partial charge in [0.1, 0.15) is 0 Å². The number of alkyl halides is 3. The third-order valence-electron chi connectivity index (χ3n) is 6.78. The van der Waals surface area contributed by atoms with E-state index in [1.165, 1.54) is 16.8 Å². The lowest BCUT2D eigenvalue weighted by Gasteiger charge is -2.39. The fraction of sp³-hybridized carbons (Fsp3) is 0.464. The van der Waals surface area contributed by atoms with Gasteiger partial charge in [-0.2, -0.15) is 13.2 Å². The summed E-state index contributed by atoms with van der Waals surface area (Å²) in [5, 5.41) is 11.5. The molecule has 1 heterocycles. The molecule has 0 amide bonds. The maximum Gasteiger partial charge on any atom is 0.418 e. The molecule has 0 radical (unpaired) electrons. The van der Waals surface area contributed by atoms with Crippen molar-refractivity contribution in [3.63, 3.8) is 0 Å². The molecule has 0 fully saturated rings. The maximum atomic E-state index is 14.5. The van der Waals surface area contributed by atoms with Crippen molar-refractivity contribution >= 4 is 10.9 Å². The molecule has 2 aromatic carbocycles. The topological polar surface area (TPSA) is 54.7 Å². The number of hydrogen-bond donors (Lipinski definition) is 1. The van der Waals surface area contributed by atoms with Crippen LogP contribution in [-0.4, -0.2) is 53.2 Å². The van der Waals surface area contributed by atoms with E-state index in [2.05, 4.69) is 4.90 Å². The van der Waals surface area contributed by atoms with Crippen LogP contribution in [0.3, 0.4) is 0 Å². The third kappa shape index (κ3) is 6.17. The van der Waals surface area contributed by atoms with E-state index in [-0.39, 0.29) is 5.43 Å². The second-order valence-corrected chi connectivity index (χ2v) is 9.93. The molecule has 0 aliphatic carbocycles. The normalized spacial score (nSPS) is 14.4. The smallest absolute Gasteiger partial charge is 0.383 e. The number of benzene rings is 2. The van der Waals surface area contributed by atoms with Gasteiger partial charge in [0.2, 0.25) is 0 Å². The lowest BCUT2D eigenvalue weighted by atomic mass is 9.73. The van der Waals surface area contributed by atoms with Gasteiger partial charge in [-0.15, -0.1) is 0 Å². The Balaban J connectivity index is 1.98. The van der Waals surface area contributed by atoms with Crippen LogP contribution in [0.25, 0.3) is 10.9 Å². The highest BCUT2D eigenvalue weighted by Gasteiger charge is 2.56. The van der Waals surface area contributed by atoms with Crippen molar-refractivity contribution in [2.45, 2.75) is 57.5 Å². The lowest BCUT2D eigenvalue weighted by molar-refractivity contribution is -0.271. The molecule has 0 aliphatic rings. The van der Waals surface area contributed by atoms with Crippen LogP contribution in [0.4, 0.5) is 13.2 Å². The number of aromatic nitrogens is 1. The number of nitrogens with zero attached hydrogens (tertiary/aromatic N) is 2. The molecule has 3 aromatic rings. The lowest BCUT2D eigenvalue weighted by Crippen LogP contribution is -2.52. The summed E-state index contributed by atoms with van der Waals surface area (Å²) in [6.45, 7) is 7.36. The summed E-state index contributed by atoms with van der Waals surface area (Å²) in [5.74, 6) is 0. The Hall–Kier alpha value is -2.68. The molecule has 36 heavy (non-hydrogen) atoms. The number of fused-ring (bicyclic) bond motifs is 1. The molecule has 0 spiro atoms. The van der Waals surface area contributed by atoms with Crippen LogP contribution in [0, 0.1) is 0 Å². The fourth-order valence-electron chi connectivity index (χ4n) is 4.88. The van der Waals surface area contributed by atoms with Crippen LogP contribution in [0.15, 0.2) is 65.6 Å². The number of halogens is 3. The van der Waals surface area contributed by atoms with Crippen molar-refractivity contribution in [1.82, 2.24) is 9.47 Å². The molecule has 0 saturated heterocycles. The molecule has 1 aromatic heterocycles. The van der Waals surface area contributed by atoms with E-state index in [1.807, 2.05) is 31.2 Å². The predicted molar refractivity (Wildman–Crippen MR) is 136 cm³/mol. The summed E-state index contributed by atoms with van der Waals surface area (Å²) in [7, 11) is 1.63. The van der Waals surface area contributed by atoms with Crippen LogP contribution < -0.4 is 5.43 Å². The molecule has 8 heteroatoms.